The van der Waals surface area contributed by atoms with Crippen LogP contribution >= 0.6 is 11.6 Å². The molecule has 0 unspecified atom stereocenters. The highest BCUT2D eigenvalue weighted by atomic mass is 35.5. The average molecular weight is 436 g/mol. The number of rotatable bonds is 3. The summed E-state index contributed by atoms with van der Waals surface area (Å²) in [6.45, 7) is 0.968. The number of carbonyl (C=O) groups excluding carboxylic acids is 1. The van der Waals surface area contributed by atoms with Crippen LogP contribution in [0.15, 0.2) is 41.2 Å². The minimum atomic E-state index is -4.15. The van der Waals surface area contributed by atoms with Crippen LogP contribution in [0.3, 0.4) is 0 Å². The van der Waals surface area contributed by atoms with Crippen LogP contribution in [0, 0.1) is 0 Å². The number of carbonyl (C=O) groups is 1. The molecule has 10 heteroatoms. The number of aliphatic hydroxyl groups excluding tert-OH is 1. The summed E-state index contributed by atoms with van der Waals surface area (Å²) in [4.78, 5) is 30.3. The molecule has 1 amide bonds. The van der Waals surface area contributed by atoms with Crippen LogP contribution in [0.2, 0.25) is 5.02 Å². The summed E-state index contributed by atoms with van der Waals surface area (Å²) >= 11 is 6.15. The van der Waals surface area contributed by atoms with E-state index in [1.807, 2.05) is 0 Å². The van der Waals surface area contributed by atoms with E-state index >= 15 is 0 Å². The SMILES string of the molecule is C[C@H](O)c1cccc2c1OC(F)(F)C(=O)N2Cc1nc2c(Cl)cccc2c(=O)n1C. The van der Waals surface area contributed by atoms with Gasteiger partial charge >= 0.3 is 12.0 Å². The molecule has 1 atom stereocenters. The number of amides is 1. The second-order valence-electron chi connectivity index (χ2n) is 6.91. The van der Waals surface area contributed by atoms with Gasteiger partial charge in [-0.3, -0.25) is 19.1 Å². The molecule has 1 N–H and O–H groups in total. The molecule has 1 aliphatic heterocycles. The lowest BCUT2D eigenvalue weighted by atomic mass is 10.1. The number of halogens is 3. The summed E-state index contributed by atoms with van der Waals surface area (Å²) in [5, 5.41) is 10.4. The van der Waals surface area contributed by atoms with Crippen LogP contribution in [0.5, 0.6) is 5.75 Å². The van der Waals surface area contributed by atoms with Crippen LogP contribution in [-0.2, 0) is 18.4 Å². The first kappa shape index (κ1) is 20.2. The molecule has 0 bridgehead atoms. The molecule has 2 aromatic carbocycles. The molecular formula is C20H16ClF2N3O4. The monoisotopic (exact) mass is 435 g/mol. The molecule has 0 spiro atoms. The zero-order chi connectivity index (χ0) is 21.8. The van der Waals surface area contributed by atoms with Gasteiger partial charge in [0.2, 0.25) is 0 Å². The van der Waals surface area contributed by atoms with Crippen molar-refractivity contribution in [3.63, 3.8) is 0 Å². The molecule has 2 heterocycles. The van der Waals surface area contributed by atoms with E-state index < -0.39 is 30.2 Å². The predicted octanol–water partition coefficient (Wildman–Crippen LogP) is 3.16. The molecule has 3 aromatic rings. The quantitative estimate of drug-likeness (QED) is 0.683. The van der Waals surface area contributed by atoms with E-state index in [-0.39, 0.29) is 38.8 Å². The van der Waals surface area contributed by atoms with E-state index in [4.69, 9.17) is 11.6 Å². The summed E-state index contributed by atoms with van der Waals surface area (Å²) in [5.74, 6) is -1.85. The lowest BCUT2D eigenvalue weighted by Gasteiger charge is -2.34. The van der Waals surface area contributed by atoms with Crippen molar-refractivity contribution in [2.45, 2.75) is 25.7 Å². The molecule has 156 valence electrons. The van der Waals surface area contributed by atoms with Crippen LogP contribution in [0.4, 0.5) is 14.5 Å². The number of fused-ring (bicyclic) bond motifs is 2. The number of aliphatic hydroxyl groups is 1. The summed E-state index contributed by atoms with van der Waals surface area (Å²) in [5.41, 5.74) is -0.0727. The Morgan fingerprint density at radius 2 is 1.93 bits per heavy atom. The number of hydrogen-bond donors (Lipinski definition) is 1. The zero-order valence-electron chi connectivity index (χ0n) is 15.9. The van der Waals surface area contributed by atoms with Gasteiger partial charge in [0.05, 0.1) is 34.3 Å². The third-order valence-corrected chi connectivity index (χ3v) is 5.24. The van der Waals surface area contributed by atoms with Gasteiger partial charge in [-0.25, -0.2) is 4.98 Å². The molecule has 7 nitrogen and oxygen atoms in total. The number of benzene rings is 2. The Morgan fingerprint density at radius 3 is 2.63 bits per heavy atom. The highest BCUT2D eigenvalue weighted by molar-refractivity contribution is 6.34. The van der Waals surface area contributed by atoms with Gasteiger partial charge in [-0.15, -0.1) is 0 Å². The molecule has 0 saturated heterocycles. The van der Waals surface area contributed by atoms with Gasteiger partial charge in [0, 0.05) is 12.6 Å². The Morgan fingerprint density at radius 1 is 1.23 bits per heavy atom. The summed E-state index contributed by atoms with van der Waals surface area (Å²) in [6, 6.07) is 9.07. The molecule has 1 aromatic heterocycles. The van der Waals surface area contributed by atoms with Gasteiger partial charge in [0.15, 0.2) is 5.75 Å². The number of aromatic nitrogens is 2. The molecule has 1 aliphatic rings. The van der Waals surface area contributed by atoms with Crippen molar-refractivity contribution in [3.05, 3.63) is 63.2 Å². The number of anilines is 1. The van der Waals surface area contributed by atoms with Crippen LogP contribution in [0.1, 0.15) is 24.4 Å². The topological polar surface area (TPSA) is 84.7 Å². The maximum Gasteiger partial charge on any atom is 0.483 e. The smallest absolute Gasteiger partial charge is 0.423 e. The highest BCUT2D eigenvalue weighted by Crippen LogP contribution is 2.44. The van der Waals surface area contributed by atoms with Gasteiger partial charge < -0.3 is 9.84 Å². The second-order valence-corrected chi connectivity index (χ2v) is 7.32. The van der Waals surface area contributed by atoms with Crippen LogP contribution in [-0.4, -0.2) is 26.7 Å². The standard InChI is InChI=1S/C20H16ClF2N3O4/c1-10(27)11-5-4-8-14-17(11)30-20(22,23)19(29)26(14)9-15-24-16-12(18(28)25(15)2)6-3-7-13(16)21/h3-8,10,27H,9H2,1-2H3/t10-/m0/s1. The molecule has 0 aliphatic carbocycles. The molecule has 0 fully saturated rings. The maximum atomic E-state index is 14.4. The molecular weight excluding hydrogens is 420 g/mol. The van der Waals surface area contributed by atoms with E-state index in [1.54, 1.807) is 18.2 Å². The average Bonchev–Trinajstić information content (AvgIpc) is 2.69. The van der Waals surface area contributed by atoms with Crippen molar-refractivity contribution in [1.29, 1.82) is 0 Å². The summed E-state index contributed by atoms with van der Waals surface area (Å²) in [6.07, 6.45) is -5.25. The first-order valence-electron chi connectivity index (χ1n) is 8.95. The highest BCUT2D eigenvalue weighted by Gasteiger charge is 2.51. The summed E-state index contributed by atoms with van der Waals surface area (Å²) in [7, 11) is 1.43. The number of para-hydroxylation sites is 2. The lowest BCUT2D eigenvalue weighted by Crippen LogP contribution is -2.51. The van der Waals surface area contributed by atoms with E-state index in [0.29, 0.717) is 0 Å². The van der Waals surface area contributed by atoms with Gasteiger partial charge in [0.25, 0.3) is 5.56 Å². The Balaban J connectivity index is 1.89. The maximum absolute atomic E-state index is 14.4. The van der Waals surface area contributed by atoms with Gasteiger partial charge in [-0.2, -0.15) is 8.78 Å². The second kappa shape index (κ2) is 7.03. The number of ether oxygens (including phenoxy) is 1. The first-order chi connectivity index (χ1) is 14.1. The Kier molecular flexibility index (Phi) is 4.74. The van der Waals surface area contributed by atoms with Crippen molar-refractivity contribution < 1.29 is 23.4 Å². The predicted molar refractivity (Wildman–Crippen MR) is 106 cm³/mol. The van der Waals surface area contributed by atoms with Gasteiger partial charge in [0.1, 0.15) is 5.82 Å². The third-order valence-electron chi connectivity index (χ3n) is 4.94. The van der Waals surface area contributed by atoms with E-state index in [0.717, 1.165) is 4.90 Å². The first-order valence-corrected chi connectivity index (χ1v) is 9.33. The van der Waals surface area contributed by atoms with E-state index in [2.05, 4.69) is 9.72 Å². The summed E-state index contributed by atoms with van der Waals surface area (Å²) < 4.78 is 34.5. The Labute approximate surface area is 174 Å². The Bertz CT molecular complexity index is 1240. The van der Waals surface area contributed by atoms with Crippen LogP contribution < -0.4 is 15.2 Å². The third kappa shape index (κ3) is 3.10. The fraction of sp³-hybridized carbons (Fsp3) is 0.250. The number of alkyl halides is 2. The molecule has 0 radical (unpaired) electrons. The largest absolute Gasteiger partial charge is 0.483 e. The van der Waals surface area contributed by atoms with Crippen molar-refractivity contribution in [2.75, 3.05) is 4.90 Å². The van der Waals surface area contributed by atoms with Gasteiger partial charge in [-0.1, -0.05) is 29.8 Å². The molecule has 0 saturated carbocycles. The van der Waals surface area contributed by atoms with Crippen molar-refractivity contribution >= 4 is 34.1 Å². The Hall–Kier alpha value is -3.04. The van der Waals surface area contributed by atoms with Gasteiger partial charge in [-0.05, 0) is 25.1 Å². The minimum absolute atomic E-state index is 0.0397. The zero-order valence-corrected chi connectivity index (χ0v) is 16.7. The van der Waals surface area contributed by atoms with Crippen molar-refractivity contribution in [3.8, 4) is 5.75 Å². The lowest BCUT2D eigenvalue weighted by molar-refractivity contribution is -0.193. The number of hydrogen-bond acceptors (Lipinski definition) is 5. The van der Waals surface area contributed by atoms with E-state index in [1.165, 1.54) is 36.7 Å². The van der Waals surface area contributed by atoms with E-state index in [9.17, 15) is 23.5 Å². The minimum Gasteiger partial charge on any atom is -0.423 e. The number of nitrogens with zero attached hydrogens (tertiary/aromatic N) is 3. The normalized spacial score (nSPS) is 16.3. The molecule has 30 heavy (non-hydrogen) atoms. The van der Waals surface area contributed by atoms with Crippen LogP contribution in [0.25, 0.3) is 10.9 Å². The molecule has 4 rings (SSSR count). The fourth-order valence-electron chi connectivity index (χ4n) is 3.38. The fourth-order valence-corrected chi connectivity index (χ4v) is 3.59. The van der Waals surface area contributed by atoms with Crippen molar-refractivity contribution in [1.82, 2.24) is 9.55 Å². The van der Waals surface area contributed by atoms with Crippen molar-refractivity contribution in [2.24, 2.45) is 7.05 Å².